The SMILES string of the molecule is Cc1cc(Br)cc(NC(=O)c2noc(C3CCCN3)n2)c1. The van der Waals surface area contributed by atoms with E-state index in [-0.39, 0.29) is 17.8 Å². The molecule has 2 N–H and O–H groups in total. The maximum atomic E-state index is 12.1. The number of aromatic nitrogens is 2. The number of anilines is 1. The van der Waals surface area contributed by atoms with Crippen molar-refractivity contribution in [3.8, 4) is 0 Å². The predicted molar refractivity (Wildman–Crippen MR) is 81.1 cm³/mol. The van der Waals surface area contributed by atoms with Crippen molar-refractivity contribution in [3.63, 3.8) is 0 Å². The van der Waals surface area contributed by atoms with Crippen LogP contribution in [-0.4, -0.2) is 22.6 Å². The van der Waals surface area contributed by atoms with Crippen molar-refractivity contribution in [2.45, 2.75) is 25.8 Å². The third kappa shape index (κ3) is 3.30. The molecule has 0 saturated carbocycles. The van der Waals surface area contributed by atoms with Crippen LogP contribution in [0.2, 0.25) is 0 Å². The predicted octanol–water partition coefficient (Wildman–Crippen LogP) is 2.82. The van der Waals surface area contributed by atoms with E-state index in [0.717, 1.165) is 29.4 Å². The lowest BCUT2D eigenvalue weighted by atomic mass is 10.2. The molecule has 1 fully saturated rings. The largest absolute Gasteiger partial charge is 0.337 e. The Labute approximate surface area is 130 Å². The zero-order valence-electron chi connectivity index (χ0n) is 11.5. The second-order valence-electron chi connectivity index (χ2n) is 5.08. The normalized spacial score (nSPS) is 17.9. The molecule has 0 spiro atoms. The van der Waals surface area contributed by atoms with E-state index in [2.05, 4.69) is 36.7 Å². The van der Waals surface area contributed by atoms with Crippen LogP contribution >= 0.6 is 15.9 Å². The van der Waals surface area contributed by atoms with Gasteiger partial charge in [0.15, 0.2) is 0 Å². The number of rotatable bonds is 3. The first-order chi connectivity index (χ1) is 10.1. The second kappa shape index (κ2) is 5.95. The highest BCUT2D eigenvalue weighted by molar-refractivity contribution is 9.10. The maximum Gasteiger partial charge on any atom is 0.297 e. The van der Waals surface area contributed by atoms with E-state index in [1.165, 1.54) is 0 Å². The fourth-order valence-corrected chi connectivity index (χ4v) is 2.97. The molecule has 0 bridgehead atoms. The highest BCUT2D eigenvalue weighted by atomic mass is 79.9. The van der Waals surface area contributed by atoms with Gasteiger partial charge in [0.05, 0.1) is 6.04 Å². The summed E-state index contributed by atoms with van der Waals surface area (Å²) in [5, 5.41) is 9.78. The van der Waals surface area contributed by atoms with Crippen LogP contribution < -0.4 is 10.6 Å². The van der Waals surface area contributed by atoms with Gasteiger partial charge in [-0.1, -0.05) is 21.1 Å². The molecular formula is C14H15BrN4O2. The number of hydrogen-bond donors (Lipinski definition) is 2. The maximum absolute atomic E-state index is 12.1. The molecule has 110 valence electrons. The van der Waals surface area contributed by atoms with Crippen molar-refractivity contribution in [2.75, 3.05) is 11.9 Å². The molecule has 0 radical (unpaired) electrons. The van der Waals surface area contributed by atoms with Crippen LogP contribution in [0.4, 0.5) is 5.69 Å². The summed E-state index contributed by atoms with van der Waals surface area (Å²) in [5.41, 5.74) is 1.74. The van der Waals surface area contributed by atoms with Gasteiger partial charge in [-0.05, 0) is 50.1 Å². The molecule has 1 aromatic carbocycles. The topological polar surface area (TPSA) is 80.0 Å². The Hall–Kier alpha value is -1.73. The smallest absolute Gasteiger partial charge is 0.297 e. The first-order valence-corrected chi connectivity index (χ1v) is 7.56. The Bertz CT molecular complexity index is 644. The van der Waals surface area contributed by atoms with Gasteiger partial charge in [0, 0.05) is 10.2 Å². The third-order valence-electron chi connectivity index (χ3n) is 3.30. The van der Waals surface area contributed by atoms with E-state index >= 15 is 0 Å². The second-order valence-corrected chi connectivity index (χ2v) is 5.99. The van der Waals surface area contributed by atoms with E-state index in [9.17, 15) is 4.79 Å². The van der Waals surface area contributed by atoms with Crippen LogP contribution in [0.3, 0.4) is 0 Å². The lowest BCUT2D eigenvalue weighted by Crippen LogP contribution is -2.15. The molecule has 1 aromatic heterocycles. The molecule has 7 heteroatoms. The number of halogens is 1. The van der Waals surface area contributed by atoms with Crippen molar-refractivity contribution in [1.29, 1.82) is 0 Å². The average molecular weight is 351 g/mol. The highest BCUT2D eigenvalue weighted by Crippen LogP contribution is 2.22. The van der Waals surface area contributed by atoms with Gasteiger partial charge in [-0.25, -0.2) is 0 Å². The van der Waals surface area contributed by atoms with E-state index in [0.29, 0.717) is 11.6 Å². The monoisotopic (exact) mass is 350 g/mol. The Kier molecular flexibility index (Phi) is 4.03. The van der Waals surface area contributed by atoms with Crippen LogP contribution in [0.1, 0.15) is 41.0 Å². The third-order valence-corrected chi connectivity index (χ3v) is 3.76. The molecule has 2 aromatic rings. The Morgan fingerprint density at radius 1 is 1.48 bits per heavy atom. The van der Waals surface area contributed by atoms with E-state index in [1.54, 1.807) is 0 Å². The number of aryl methyl sites for hydroxylation is 1. The van der Waals surface area contributed by atoms with E-state index < -0.39 is 0 Å². The van der Waals surface area contributed by atoms with E-state index in [4.69, 9.17) is 4.52 Å². The summed E-state index contributed by atoms with van der Waals surface area (Å²) in [4.78, 5) is 16.3. The van der Waals surface area contributed by atoms with Gasteiger partial charge in [-0.3, -0.25) is 4.79 Å². The molecule has 2 heterocycles. The van der Waals surface area contributed by atoms with Crippen LogP contribution in [0, 0.1) is 6.92 Å². The summed E-state index contributed by atoms with van der Waals surface area (Å²) in [6, 6.07) is 5.73. The van der Waals surface area contributed by atoms with Crippen LogP contribution in [0.5, 0.6) is 0 Å². The van der Waals surface area contributed by atoms with Gasteiger partial charge < -0.3 is 15.2 Å². The molecule has 1 unspecified atom stereocenters. The summed E-state index contributed by atoms with van der Waals surface area (Å²) in [7, 11) is 0. The van der Waals surface area contributed by atoms with Gasteiger partial charge in [-0.15, -0.1) is 0 Å². The molecule has 6 nitrogen and oxygen atoms in total. The number of benzene rings is 1. The van der Waals surface area contributed by atoms with E-state index in [1.807, 2.05) is 25.1 Å². The number of nitrogens with one attached hydrogen (secondary N) is 2. The van der Waals surface area contributed by atoms with Crippen LogP contribution in [-0.2, 0) is 0 Å². The number of amides is 1. The van der Waals surface area contributed by atoms with Crippen molar-refractivity contribution in [1.82, 2.24) is 15.5 Å². The van der Waals surface area contributed by atoms with Crippen molar-refractivity contribution < 1.29 is 9.32 Å². The number of hydrogen-bond acceptors (Lipinski definition) is 5. The zero-order valence-corrected chi connectivity index (χ0v) is 13.1. The average Bonchev–Trinajstić information content (AvgIpc) is 3.09. The molecular weight excluding hydrogens is 336 g/mol. The van der Waals surface area contributed by atoms with Crippen LogP contribution in [0.25, 0.3) is 0 Å². The summed E-state index contributed by atoms with van der Waals surface area (Å²) < 4.78 is 6.07. The van der Waals surface area contributed by atoms with Gasteiger partial charge >= 0.3 is 0 Å². The van der Waals surface area contributed by atoms with Gasteiger partial charge in [0.1, 0.15) is 0 Å². The van der Waals surface area contributed by atoms with Gasteiger partial charge in [0.25, 0.3) is 11.7 Å². The molecule has 21 heavy (non-hydrogen) atoms. The Balaban J connectivity index is 1.73. The molecule has 1 aliphatic rings. The molecule has 0 aliphatic carbocycles. The molecule has 1 saturated heterocycles. The first-order valence-electron chi connectivity index (χ1n) is 6.77. The summed E-state index contributed by atoms with van der Waals surface area (Å²) in [6.45, 7) is 2.89. The molecule has 1 amide bonds. The number of nitrogens with zero attached hydrogens (tertiary/aromatic N) is 2. The quantitative estimate of drug-likeness (QED) is 0.889. The lowest BCUT2D eigenvalue weighted by molar-refractivity contribution is 0.101. The fourth-order valence-electron chi connectivity index (χ4n) is 2.36. The van der Waals surface area contributed by atoms with Crippen molar-refractivity contribution in [2.24, 2.45) is 0 Å². The molecule has 3 rings (SSSR count). The lowest BCUT2D eigenvalue weighted by Gasteiger charge is -2.04. The summed E-state index contributed by atoms with van der Waals surface area (Å²) >= 11 is 3.40. The minimum atomic E-state index is -0.375. The highest BCUT2D eigenvalue weighted by Gasteiger charge is 2.24. The molecule has 1 aliphatic heterocycles. The fraction of sp³-hybridized carbons (Fsp3) is 0.357. The van der Waals surface area contributed by atoms with Crippen LogP contribution in [0.15, 0.2) is 27.2 Å². The summed E-state index contributed by atoms with van der Waals surface area (Å²) in [5.74, 6) is 0.153. The van der Waals surface area contributed by atoms with Gasteiger partial charge in [-0.2, -0.15) is 4.98 Å². The zero-order chi connectivity index (χ0) is 14.8. The number of carbonyl (C=O) groups excluding carboxylic acids is 1. The van der Waals surface area contributed by atoms with Gasteiger partial charge in [0.2, 0.25) is 5.89 Å². The van der Waals surface area contributed by atoms with Crippen molar-refractivity contribution in [3.05, 3.63) is 40.0 Å². The Morgan fingerprint density at radius 3 is 3.05 bits per heavy atom. The minimum absolute atomic E-state index is 0.0522. The minimum Gasteiger partial charge on any atom is -0.337 e. The standard InChI is InChI=1S/C14H15BrN4O2/c1-8-5-9(15)7-10(6-8)17-13(20)12-18-14(21-19-12)11-3-2-4-16-11/h5-7,11,16H,2-4H2,1H3,(H,17,20). The van der Waals surface area contributed by atoms with Crippen molar-refractivity contribution >= 4 is 27.5 Å². The Morgan fingerprint density at radius 2 is 2.33 bits per heavy atom. The first kappa shape index (κ1) is 14.2. The number of carbonyl (C=O) groups is 1. The summed E-state index contributed by atoms with van der Waals surface area (Å²) in [6.07, 6.45) is 2.03. The molecule has 1 atom stereocenters.